The van der Waals surface area contributed by atoms with Crippen LogP contribution in [-0.4, -0.2) is 33.9 Å². The SMILES string of the molecule is N#Cc1ccc(N2CCC(C(=O)Nc3ccc4[nH]c(=O)[nH]c4c3)CC2)nc1. The molecule has 136 valence electrons. The molecule has 1 aliphatic rings. The first-order chi connectivity index (χ1) is 13.1. The van der Waals surface area contributed by atoms with Crippen LogP contribution in [0.25, 0.3) is 11.0 Å². The van der Waals surface area contributed by atoms with E-state index in [9.17, 15) is 9.59 Å². The first-order valence-corrected chi connectivity index (χ1v) is 8.76. The van der Waals surface area contributed by atoms with Crippen molar-refractivity contribution in [3.8, 4) is 6.07 Å². The molecule has 4 rings (SSSR count). The van der Waals surface area contributed by atoms with Gasteiger partial charge in [0.2, 0.25) is 5.91 Å². The smallest absolute Gasteiger partial charge is 0.323 e. The van der Waals surface area contributed by atoms with Gasteiger partial charge in [0.1, 0.15) is 11.9 Å². The molecule has 0 aliphatic carbocycles. The monoisotopic (exact) mass is 362 g/mol. The number of carbonyl (C=O) groups excluding carboxylic acids is 1. The molecular formula is C19H18N6O2. The van der Waals surface area contributed by atoms with Crippen LogP contribution in [0.15, 0.2) is 41.3 Å². The normalized spacial score (nSPS) is 14.9. The average molecular weight is 362 g/mol. The topological polar surface area (TPSA) is 118 Å². The summed E-state index contributed by atoms with van der Waals surface area (Å²) in [7, 11) is 0. The summed E-state index contributed by atoms with van der Waals surface area (Å²) in [6.45, 7) is 1.47. The Morgan fingerprint density at radius 3 is 2.67 bits per heavy atom. The molecule has 1 saturated heterocycles. The lowest BCUT2D eigenvalue weighted by Crippen LogP contribution is -2.38. The number of aromatic amines is 2. The summed E-state index contributed by atoms with van der Waals surface area (Å²) in [4.78, 5) is 35.7. The number of hydrogen-bond acceptors (Lipinski definition) is 5. The van der Waals surface area contributed by atoms with Gasteiger partial charge in [0.25, 0.3) is 0 Å². The number of benzene rings is 1. The van der Waals surface area contributed by atoms with Crippen molar-refractivity contribution in [1.29, 1.82) is 5.26 Å². The van der Waals surface area contributed by atoms with Gasteiger partial charge < -0.3 is 20.2 Å². The number of carbonyl (C=O) groups is 1. The maximum Gasteiger partial charge on any atom is 0.323 e. The quantitative estimate of drug-likeness (QED) is 0.658. The van der Waals surface area contributed by atoms with E-state index in [0.717, 1.165) is 31.7 Å². The third-order valence-corrected chi connectivity index (χ3v) is 4.85. The largest absolute Gasteiger partial charge is 0.357 e. The van der Waals surface area contributed by atoms with Crippen molar-refractivity contribution < 1.29 is 4.79 Å². The minimum Gasteiger partial charge on any atom is -0.357 e. The van der Waals surface area contributed by atoms with Gasteiger partial charge in [-0.05, 0) is 43.2 Å². The van der Waals surface area contributed by atoms with Crippen LogP contribution in [0.3, 0.4) is 0 Å². The first kappa shape index (κ1) is 16.8. The number of nitrogens with zero attached hydrogens (tertiary/aromatic N) is 3. The molecule has 0 radical (unpaired) electrons. The summed E-state index contributed by atoms with van der Waals surface area (Å²) in [5, 5.41) is 11.8. The van der Waals surface area contributed by atoms with E-state index >= 15 is 0 Å². The third-order valence-electron chi connectivity index (χ3n) is 4.85. The summed E-state index contributed by atoms with van der Waals surface area (Å²) in [6.07, 6.45) is 3.03. The van der Waals surface area contributed by atoms with E-state index in [4.69, 9.17) is 5.26 Å². The molecule has 1 aromatic carbocycles. The molecule has 1 fully saturated rings. The maximum absolute atomic E-state index is 12.6. The molecule has 0 unspecified atom stereocenters. The zero-order valence-electron chi connectivity index (χ0n) is 14.5. The van der Waals surface area contributed by atoms with Crippen molar-refractivity contribution in [3.05, 3.63) is 52.6 Å². The fraction of sp³-hybridized carbons (Fsp3) is 0.263. The number of nitriles is 1. The van der Waals surface area contributed by atoms with Crippen LogP contribution in [-0.2, 0) is 4.79 Å². The summed E-state index contributed by atoms with van der Waals surface area (Å²) in [6, 6.07) is 10.9. The molecule has 2 aromatic heterocycles. The fourth-order valence-electron chi connectivity index (χ4n) is 3.36. The van der Waals surface area contributed by atoms with Gasteiger partial charge in [-0.25, -0.2) is 9.78 Å². The third kappa shape index (κ3) is 3.53. The van der Waals surface area contributed by atoms with E-state index in [1.807, 2.05) is 6.07 Å². The molecular weight excluding hydrogens is 344 g/mol. The van der Waals surface area contributed by atoms with Gasteiger partial charge in [0, 0.05) is 30.9 Å². The van der Waals surface area contributed by atoms with E-state index in [2.05, 4.69) is 31.2 Å². The standard InChI is InChI=1S/C19H18N6O2/c20-10-12-1-4-17(21-11-12)25-7-5-13(6-8-25)18(26)22-14-2-3-15-16(9-14)24-19(27)23-15/h1-4,9,11,13H,5-8H2,(H,22,26)(H2,23,24,27). The number of amides is 1. The zero-order valence-corrected chi connectivity index (χ0v) is 14.5. The van der Waals surface area contributed by atoms with Crippen molar-refractivity contribution in [2.45, 2.75) is 12.8 Å². The first-order valence-electron chi connectivity index (χ1n) is 8.76. The second-order valence-corrected chi connectivity index (χ2v) is 6.61. The maximum atomic E-state index is 12.6. The minimum atomic E-state index is -0.266. The number of imidazole rings is 1. The molecule has 8 heteroatoms. The van der Waals surface area contributed by atoms with Gasteiger partial charge >= 0.3 is 5.69 Å². The second kappa shape index (κ2) is 6.96. The molecule has 1 amide bonds. The molecule has 3 N–H and O–H groups in total. The van der Waals surface area contributed by atoms with Gasteiger partial charge in [-0.1, -0.05) is 0 Å². The number of anilines is 2. The van der Waals surface area contributed by atoms with Crippen LogP contribution < -0.4 is 15.9 Å². The molecule has 27 heavy (non-hydrogen) atoms. The summed E-state index contributed by atoms with van der Waals surface area (Å²) in [5.74, 6) is 0.745. The number of nitrogens with one attached hydrogen (secondary N) is 3. The van der Waals surface area contributed by atoms with Crippen LogP contribution in [0.4, 0.5) is 11.5 Å². The lowest BCUT2D eigenvalue weighted by Gasteiger charge is -2.32. The predicted molar refractivity (Wildman–Crippen MR) is 101 cm³/mol. The van der Waals surface area contributed by atoms with Gasteiger partial charge in [0.05, 0.1) is 16.6 Å². The van der Waals surface area contributed by atoms with Crippen LogP contribution in [0.5, 0.6) is 0 Å². The Kier molecular flexibility index (Phi) is 4.34. The highest BCUT2D eigenvalue weighted by Crippen LogP contribution is 2.24. The molecule has 3 heterocycles. The van der Waals surface area contributed by atoms with E-state index in [-0.39, 0.29) is 17.5 Å². The molecule has 0 saturated carbocycles. The summed E-state index contributed by atoms with van der Waals surface area (Å²) < 4.78 is 0. The molecule has 0 atom stereocenters. The number of fused-ring (bicyclic) bond motifs is 1. The van der Waals surface area contributed by atoms with E-state index in [1.165, 1.54) is 0 Å². The minimum absolute atomic E-state index is 0.0142. The van der Waals surface area contributed by atoms with Crippen LogP contribution >= 0.6 is 0 Å². The van der Waals surface area contributed by atoms with Gasteiger partial charge in [0.15, 0.2) is 0 Å². The van der Waals surface area contributed by atoms with Crippen LogP contribution in [0.2, 0.25) is 0 Å². The van der Waals surface area contributed by atoms with Crippen LogP contribution in [0.1, 0.15) is 18.4 Å². The van der Waals surface area contributed by atoms with Gasteiger partial charge in [-0.2, -0.15) is 5.26 Å². The predicted octanol–water partition coefficient (Wildman–Crippen LogP) is 1.98. The molecule has 0 bridgehead atoms. The average Bonchev–Trinajstić information content (AvgIpc) is 3.07. The van der Waals surface area contributed by atoms with Crippen molar-refractivity contribution in [3.63, 3.8) is 0 Å². The summed E-state index contributed by atoms with van der Waals surface area (Å²) in [5.41, 5.74) is 2.31. The second-order valence-electron chi connectivity index (χ2n) is 6.61. The van der Waals surface area contributed by atoms with Crippen molar-refractivity contribution in [2.24, 2.45) is 5.92 Å². The number of rotatable bonds is 3. The van der Waals surface area contributed by atoms with Crippen LogP contribution in [0, 0.1) is 17.2 Å². The molecule has 8 nitrogen and oxygen atoms in total. The fourth-order valence-corrected chi connectivity index (χ4v) is 3.36. The van der Waals surface area contributed by atoms with Crippen molar-refractivity contribution in [1.82, 2.24) is 15.0 Å². The van der Waals surface area contributed by atoms with E-state index in [0.29, 0.717) is 22.3 Å². The van der Waals surface area contributed by atoms with Gasteiger partial charge in [-0.3, -0.25) is 4.79 Å². The number of hydrogen-bond donors (Lipinski definition) is 3. The number of aromatic nitrogens is 3. The Balaban J connectivity index is 1.37. The van der Waals surface area contributed by atoms with E-state index in [1.54, 1.807) is 30.5 Å². The van der Waals surface area contributed by atoms with Gasteiger partial charge in [-0.15, -0.1) is 0 Å². The lowest BCUT2D eigenvalue weighted by molar-refractivity contribution is -0.120. The molecule has 1 aliphatic heterocycles. The molecule has 3 aromatic rings. The number of pyridine rings is 1. The Morgan fingerprint density at radius 1 is 1.19 bits per heavy atom. The molecule has 0 spiro atoms. The Hall–Kier alpha value is -3.60. The van der Waals surface area contributed by atoms with Crippen molar-refractivity contribution >= 4 is 28.4 Å². The Labute approximate surface area is 154 Å². The Bertz CT molecular complexity index is 1070. The number of H-pyrrole nitrogens is 2. The highest BCUT2D eigenvalue weighted by Gasteiger charge is 2.25. The highest BCUT2D eigenvalue weighted by atomic mass is 16.2. The highest BCUT2D eigenvalue weighted by molar-refractivity contribution is 5.94. The summed E-state index contributed by atoms with van der Waals surface area (Å²) >= 11 is 0. The zero-order chi connectivity index (χ0) is 18.8. The van der Waals surface area contributed by atoms with E-state index < -0.39 is 0 Å². The Morgan fingerprint density at radius 2 is 1.96 bits per heavy atom. The number of piperidine rings is 1. The lowest BCUT2D eigenvalue weighted by atomic mass is 9.95. The van der Waals surface area contributed by atoms with Crippen molar-refractivity contribution in [2.75, 3.05) is 23.3 Å².